The third-order valence-corrected chi connectivity index (χ3v) is 5.36. The lowest BCUT2D eigenvalue weighted by molar-refractivity contribution is -0.137. The van der Waals surface area contributed by atoms with Crippen molar-refractivity contribution in [3.8, 4) is 5.75 Å². The maximum absolute atomic E-state index is 13.5. The highest BCUT2D eigenvalue weighted by Crippen LogP contribution is 2.28. The molecule has 2 aromatic rings. The number of halogens is 1. The van der Waals surface area contributed by atoms with E-state index in [2.05, 4.69) is 4.72 Å². The first-order valence-electron chi connectivity index (χ1n) is 8.53. The molecule has 0 saturated carbocycles. The van der Waals surface area contributed by atoms with Crippen molar-refractivity contribution in [3.05, 3.63) is 52.8 Å². The van der Waals surface area contributed by atoms with E-state index < -0.39 is 33.3 Å². The number of sulfonamides is 1. The van der Waals surface area contributed by atoms with Gasteiger partial charge >= 0.3 is 11.9 Å². The molecule has 0 fully saturated rings. The Hall–Kier alpha value is -3.14. The second kappa shape index (κ2) is 8.91. The van der Waals surface area contributed by atoms with Crippen molar-refractivity contribution < 1.29 is 37.3 Å². The molecule has 2 aromatic carbocycles. The van der Waals surface area contributed by atoms with Gasteiger partial charge in [-0.15, -0.1) is 0 Å². The van der Waals surface area contributed by atoms with Gasteiger partial charge in [0.05, 0.1) is 22.8 Å². The summed E-state index contributed by atoms with van der Waals surface area (Å²) in [5.41, 5.74) is -0.0923. The zero-order chi connectivity index (χ0) is 21.8. The van der Waals surface area contributed by atoms with E-state index in [-0.39, 0.29) is 29.2 Å². The van der Waals surface area contributed by atoms with Gasteiger partial charge in [0.2, 0.25) is 0 Å². The summed E-state index contributed by atoms with van der Waals surface area (Å²) in [6.45, 7) is 3.18. The number of rotatable bonds is 9. The normalized spacial score (nSPS) is 11.1. The molecule has 0 aliphatic carbocycles. The van der Waals surface area contributed by atoms with Gasteiger partial charge in [0.1, 0.15) is 11.6 Å². The average Bonchev–Trinajstić information content (AvgIpc) is 2.61. The monoisotopic (exact) mass is 425 g/mol. The van der Waals surface area contributed by atoms with Crippen LogP contribution < -0.4 is 9.46 Å². The van der Waals surface area contributed by atoms with Crippen LogP contribution in [0.2, 0.25) is 0 Å². The van der Waals surface area contributed by atoms with Crippen LogP contribution in [0.3, 0.4) is 0 Å². The average molecular weight is 425 g/mol. The fourth-order valence-corrected chi connectivity index (χ4v) is 3.83. The topological polar surface area (TPSA) is 130 Å². The predicted octanol–water partition coefficient (Wildman–Crippen LogP) is 3.19. The Morgan fingerprint density at radius 1 is 1.10 bits per heavy atom. The van der Waals surface area contributed by atoms with E-state index in [9.17, 15) is 27.5 Å². The van der Waals surface area contributed by atoms with E-state index >= 15 is 0 Å². The van der Waals surface area contributed by atoms with Crippen LogP contribution in [-0.4, -0.2) is 37.2 Å². The number of aromatic carboxylic acids is 1. The van der Waals surface area contributed by atoms with E-state index in [1.54, 1.807) is 6.92 Å². The molecule has 0 atom stereocenters. The fourth-order valence-electron chi connectivity index (χ4n) is 2.60. The highest BCUT2D eigenvalue weighted by molar-refractivity contribution is 7.92. The van der Waals surface area contributed by atoms with Gasteiger partial charge in [-0.2, -0.15) is 0 Å². The minimum Gasteiger partial charge on any atom is -0.493 e. The number of benzene rings is 2. The standard InChI is InChI=1S/C19H20FNO7S/c1-11-9-14(5-6-16(11)28-7-3-4-17(22)23)29(26,27)21-18-12(2)8-13(20)10-15(18)19(24)25/h5-6,8-10,21H,3-4,7H2,1-2H3,(H,22,23)(H,24,25). The molecular weight excluding hydrogens is 405 g/mol. The van der Waals surface area contributed by atoms with Gasteiger partial charge in [-0.25, -0.2) is 17.6 Å². The van der Waals surface area contributed by atoms with Crippen LogP contribution in [0.1, 0.15) is 34.3 Å². The molecule has 0 aromatic heterocycles. The summed E-state index contributed by atoms with van der Waals surface area (Å²) in [7, 11) is -4.15. The third kappa shape index (κ3) is 5.67. The summed E-state index contributed by atoms with van der Waals surface area (Å²) >= 11 is 0. The van der Waals surface area contributed by atoms with Gasteiger partial charge in [-0.1, -0.05) is 0 Å². The highest BCUT2D eigenvalue weighted by Gasteiger charge is 2.22. The van der Waals surface area contributed by atoms with Gasteiger partial charge in [0, 0.05) is 6.42 Å². The number of hydrogen-bond donors (Lipinski definition) is 3. The lowest BCUT2D eigenvalue weighted by Gasteiger charge is -2.15. The number of nitrogens with one attached hydrogen (secondary N) is 1. The van der Waals surface area contributed by atoms with Crippen molar-refractivity contribution in [1.82, 2.24) is 0 Å². The first-order chi connectivity index (χ1) is 13.5. The van der Waals surface area contributed by atoms with Crippen molar-refractivity contribution in [2.45, 2.75) is 31.6 Å². The summed E-state index contributed by atoms with van der Waals surface area (Å²) in [5.74, 6) is -2.79. The zero-order valence-electron chi connectivity index (χ0n) is 15.7. The molecule has 3 N–H and O–H groups in total. The molecule has 0 aliphatic heterocycles. The Kier molecular flexibility index (Phi) is 6.80. The molecule has 0 heterocycles. The van der Waals surface area contributed by atoms with Crippen LogP contribution in [0.4, 0.5) is 10.1 Å². The maximum atomic E-state index is 13.5. The second-order valence-corrected chi connectivity index (χ2v) is 8.01. The van der Waals surface area contributed by atoms with E-state index in [4.69, 9.17) is 9.84 Å². The molecule has 0 unspecified atom stereocenters. The lowest BCUT2D eigenvalue weighted by atomic mass is 10.1. The van der Waals surface area contributed by atoms with Crippen molar-refractivity contribution in [1.29, 1.82) is 0 Å². The Morgan fingerprint density at radius 3 is 2.38 bits per heavy atom. The molecule has 2 rings (SSSR count). The Labute approximate surface area is 167 Å². The molecule has 0 radical (unpaired) electrons. The summed E-state index contributed by atoms with van der Waals surface area (Å²) in [4.78, 5) is 21.7. The summed E-state index contributed by atoms with van der Waals surface area (Å²) in [6, 6.07) is 5.83. The molecule has 156 valence electrons. The smallest absolute Gasteiger partial charge is 0.337 e. The van der Waals surface area contributed by atoms with Crippen molar-refractivity contribution >= 4 is 27.6 Å². The number of carboxylic acid groups (broad SMARTS) is 2. The number of aliphatic carboxylic acids is 1. The zero-order valence-corrected chi connectivity index (χ0v) is 16.5. The minimum absolute atomic E-state index is 0.0433. The number of hydrogen-bond acceptors (Lipinski definition) is 5. The molecule has 8 nitrogen and oxygen atoms in total. The number of ether oxygens (including phenoxy) is 1. The molecular formula is C19H20FNO7S. The molecule has 10 heteroatoms. The van der Waals surface area contributed by atoms with Crippen LogP contribution in [0.25, 0.3) is 0 Å². The Morgan fingerprint density at radius 2 is 1.79 bits per heavy atom. The SMILES string of the molecule is Cc1cc(S(=O)(=O)Nc2c(C)cc(F)cc2C(=O)O)ccc1OCCCC(=O)O. The first-order valence-corrected chi connectivity index (χ1v) is 10.0. The van der Waals surface area contributed by atoms with Gasteiger partial charge in [-0.3, -0.25) is 9.52 Å². The van der Waals surface area contributed by atoms with Crippen LogP contribution in [-0.2, 0) is 14.8 Å². The van der Waals surface area contributed by atoms with Crippen LogP contribution >= 0.6 is 0 Å². The quantitative estimate of drug-likeness (QED) is 0.526. The Bertz CT molecular complexity index is 1050. The first kappa shape index (κ1) is 22.2. The second-order valence-electron chi connectivity index (χ2n) is 6.33. The van der Waals surface area contributed by atoms with E-state index in [1.807, 2.05) is 0 Å². The van der Waals surface area contributed by atoms with E-state index in [0.29, 0.717) is 17.7 Å². The number of carboxylic acids is 2. The van der Waals surface area contributed by atoms with Gasteiger partial charge in [-0.05, 0) is 61.7 Å². The van der Waals surface area contributed by atoms with E-state index in [1.165, 1.54) is 25.1 Å². The number of anilines is 1. The molecule has 29 heavy (non-hydrogen) atoms. The molecule has 0 spiro atoms. The molecule has 0 saturated heterocycles. The van der Waals surface area contributed by atoms with E-state index in [0.717, 1.165) is 12.1 Å². The summed E-state index contributed by atoms with van der Waals surface area (Å²) in [6.07, 6.45) is 0.260. The van der Waals surface area contributed by atoms with Crippen LogP contribution in [0.15, 0.2) is 35.2 Å². The number of carbonyl (C=O) groups is 2. The third-order valence-electron chi connectivity index (χ3n) is 4.02. The fraction of sp³-hybridized carbons (Fsp3) is 0.263. The molecule has 0 aliphatic rings. The molecule has 0 bridgehead atoms. The Balaban J connectivity index is 2.25. The largest absolute Gasteiger partial charge is 0.493 e. The van der Waals surface area contributed by atoms with Crippen molar-refractivity contribution in [2.24, 2.45) is 0 Å². The summed E-state index contributed by atoms with van der Waals surface area (Å²) in [5, 5.41) is 17.9. The van der Waals surface area contributed by atoms with Crippen molar-refractivity contribution in [3.63, 3.8) is 0 Å². The number of aryl methyl sites for hydroxylation is 2. The van der Waals surface area contributed by atoms with Gasteiger partial charge in [0.15, 0.2) is 0 Å². The maximum Gasteiger partial charge on any atom is 0.337 e. The lowest BCUT2D eigenvalue weighted by Crippen LogP contribution is -2.17. The molecule has 0 amide bonds. The minimum atomic E-state index is -4.15. The van der Waals surface area contributed by atoms with Crippen molar-refractivity contribution in [2.75, 3.05) is 11.3 Å². The summed E-state index contributed by atoms with van der Waals surface area (Å²) < 4.78 is 46.6. The highest BCUT2D eigenvalue weighted by atomic mass is 32.2. The predicted molar refractivity (Wildman–Crippen MR) is 102 cm³/mol. The van der Waals surface area contributed by atoms with Crippen LogP contribution in [0, 0.1) is 19.7 Å². The van der Waals surface area contributed by atoms with Gasteiger partial charge in [0.25, 0.3) is 10.0 Å². The van der Waals surface area contributed by atoms with Gasteiger partial charge < -0.3 is 14.9 Å². The van der Waals surface area contributed by atoms with Crippen LogP contribution in [0.5, 0.6) is 5.75 Å².